The molecule has 2 unspecified atom stereocenters. The molecule has 23 heavy (non-hydrogen) atoms. The fourth-order valence-electron chi connectivity index (χ4n) is 4.37. The van der Waals surface area contributed by atoms with Crippen molar-refractivity contribution in [1.82, 2.24) is 9.80 Å². The van der Waals surface area contributed by atoms with Crippen molar-refractivity contribution in [3.63, 3.8) is 0 Å². The van der Waals surface area contributed by atoms with Gasteiger partial charge in [-0.15, -0.1) is 0 Å². The molecule has 3 aliphatic rings. The van der Waals surface area contributed by atoms with E-state index in [1.54, 1.807) is 16.8 Å². The summed E-state index contributed by atoms with van der Waals surface area (Å²) in [4.78, 5) is 39.1. The van der Waals surface area contributed by atoms with Crippen LogP contribution in [-0.4, -0.2) is 59.4 Å². The van der Waals surface area contributed by atoms with Gasteiger partial charge in [0, 0.05) is 26.1 Å². The first-order chi connectivity index (χ1) is 11.0. The molecule has 1 N–H and O–H groups in total. The van der Waals surface area contributed by atoms with Crippen LogP contribution in [0.3, 0.4) is 0 Å². The van der Waals surface area contributed by atoms with Crippen LogP contribution in [0.25, 0.3) is 0 Å². The van der Waals surface area contributed by atoms with Crippen LogP contribution in [0.1, 0.15) is 38.5 Å². The van der Waals surface area contributed by atoms with Gasteiger partial charge in [0.1, 0.15) is 0 Å². The second-order valence-corrected chi connectivity index (χ2v) is 7.33. The lowest BCUT2D eigenvalue weighted by Gasteiger charge is -2.31. The summed E-state index contributed by atoms with van der Waals surface area (Å²) in [6.07, 6.45) is 5.78. The molecule has 1 heterocycles. The molecule has 2 aliphatic carbocycles. The van der Waals surface area contributed by atoms with Crippen LogP contribution in [-0.2, 0) is 14.4 Å². The summed E-state index contributed by atoms with van der Waals surface area (Å²) in [5, 5.41) is 8.99. The SMILES string of the molecule is CN(CC(=O)N1CCC(C(=O)O)CC1)C(=O)C1C2CCCCC21. The summed E-state index contributed by atoms with van der Waals surface area (Å²) in [5.41, 5.74) is 0. The summed E-state index contributed by atoms with van der Waals surface area (Å²) in [6, 6.07) is 0. The van der Waals surface area contributed by atoms with E-state index < -0.39 is 5.97 Å². The molecule has 2 atom stereocenters. The molecule has 3 rings (SSSR count). The molecule has 128 valence electrons. The fraction of sp³-hybridized carbons (Fsp3) is 0.824. The predicted octanol–water partition coefficient (Wildman–Crippen LogP) is 1.20. The number of nitrogens with zero attached hydrogens (tertiary/aromatic N) is 2. The average molecular weight is 322 g/mol. The molecule has 6 nitrogen and oxygen atoms in total. The highest BCUT2D eigenvalue weighted by Gasteiger charge is 2.55. The summed E-state index contributed by atoms with van der Waals surface area (Å²) in [7, 11) is 1.72. The topological polar surface area (TPSA) is 77.9 Å². The van der Waals surface area contributed by atoms with E-state index in [1.165, 1.54) is 12.8 Å². The molecule has 0 bridgehead atoms. The van der Waals surface area contributed by atoms with E-state index in [-0.39, 0.29) is 30.2 Å². The average Bonchev–Trinajstić information content (AvgIpc) is 3.28. The van der Waals surface area contributed by atoms with Crippen molar-refractivity contribution in [3.05, 3.63) is 0 Å². The second-order valence-electron chi connectivity index (χ2n) is 7.33. The fourth-order valence-corrected chi connectivity index (χ4v) is 4.37. The van der Waals surface area contributed by atoms with Crippen LogP contribution in [0.4, 0.5) is 0 Å². The summed E-state index contributed by atoms with van der Waals surface area (Å²) < 4.78 is 0. The maximum Gasteiger partial charge on any atom is 0.306 e. The van der Waals surface area contributed by atoms with E-state index in [4.69, 9.17) is 5.11 Å². The predicted molar refractivity (Wildman–Crippen MR) is 83.5 cm³/mol. The molecular formula is C17H26N2O4. The number of likely N-dealkylation sites (N-methyl/N-ethyl adjacent to an activating group) is 1. The Morgan fingerprint density at radius 1 is 1.04 bits per heavy atom. The van der Waals surface area contributed by atoms with Crippen molar-refractivity contribution in [3.8, 4) is 0 Å². The molecule has 3 fully saturated rings. The molecule has 0 aromatic carbocycles. The third-order valence-electron chi connectivity index (χ3n) is 5.89. The number of rotatable bonds is 4. The molecule has 0 aromatic heterocycles. The molecule has 0 aromatic rings. The molecular weight excluding hydrogens is 296 g/mol. The van der Waals surface area contributed by atoms with Crippen LogP contribution < -0.4 is 0 Å². The second kappa shape index (κ2) is 6.49. The number of hydrogen-bond acceptors (Lipinski definition) is 3. The van der Waals surface area contributed by atoms with E-state index in [0.29, 0.717) is 37.8 Å². The van der Waals surface area contributed by atoms with Gasteiger partial charge in [0.25, 0.3) is 0 Å². The first kappa shape index (κ1) is 16.3. The number of carbonyl (C=O) groups is 3. The maximum atomic E-state index is 12.5. The summed E-state index contributed by atoms with van der Waals surface area (Å²) in [6.45, 7) is 1.07. The normalized spacial score (nSPS) is 30.5. The first-order valence-electron chi connectivity index (χ1n) is 8.74. The number of carboxylic acids is 1. The Labute approximate surface area is 136 Å². The Morgan fingerprint density at radius 2 is 1.61 bits per heavy atom. The zero-order valence-corrected chi connectivity index (χ0v) is 13.7. The number of fused-ring (bicyclic) bond motifs is 1. The van der Waals surface area contributed by atoms with Crippen LogP contribution in [0.2, 0.25) is 0 Å². The number of aliphatic carboxylic acids is 1. The number of likely N-dealkylation sites (tertiary alicyclic amines) is 1. The van der Waals surface area contributed by atoms with Gasteiger partial charge in [-0.25, -0.2) is 0 Å². The lowest BCUT2D eigenvalue weighted by atomic mass is 9.97. The molecule has 1 saturated heterocycles. The standard InChI is InChI=1S/C17H26N2O4/c1-18(16(21)15-12-4-2-3-5-13(12)15)10-14(20)19-8-6-11(7-9-19)17(22)23/h11-13,15H,2-10H2,1H3,(H,22,23). The largest absolute Gasteiger partial charge is 0.481 e. The van der Waals surface area contributed by atoms with E-state index in [9.17, 15) is 14.4 Å². The van der Waals surface area contributed by atoms with Crippen LogP contribution in [0.15, 0.2) is 0 Å². The molecule has 0 radical (unpaired) electrons. The number of piperidine rings is 1. The number of carbonyl (C=O) groups excluding carboxylic acids is 2. The number of amides is 2. The van der Waals surface area contributed by atoms with E-state index >= 15 is 0 Å². The van der Waals surface area contributed by atoms with E-state index in [2.05, 4.69) is 0 Å². The van der Waals surface area contributed by atoms with Gasteiger partial charge < -0.3 is 14.9 Å². The van der Waals surface area contributed by atoms with Crippen molar-refractivity contribution in [2.24, 2.45) is 23.7 Å². The van der Waals surface area contributed by atoms with Crippen molar-refractivity contribution in [2.45, 2.75) is 38.5 Å². The minimum Gasteiger partial charge on any atom is -0.481 e. The van der Waals surface area contributed by atoms with Gasteiger partial charge >= 0.3 is 5.97 Å². The summed E-state index contributed by atoms with van der Waals surface area (Å²) in [5.74, 6) is 0.200. The molecule has 2 saturated carbocycles. The van der Waals surface area contributed by atoms with Gasteiger partial charge in [0.15, 0.2) is 0 Å². The minimum absolute atomic E-state index is 0.0617. The smallest absolute Gasteiger partial charge is 0.306 e. The minimum atomic E-state index is -0.777. The maximum absolute atomic E-state index is 12.5. The monoisotopic (exact) mass is 322 g/mol. The van der Waals surface area contributed by atoms with Gasteiger partial charge in [0.05, 0.1) is 12.5 Å². The van der Waals surface area contributed by atoms with E-state index in [0.717, 1.165) is 12.8 Å². The molecule has 2 amide bonds. The quantitative estimate of drug-likeness (QED) is 0.844. The zero-order valence-electron chi connectivity index (χ0n) is 13.7. The molecule has 6 heteroatoms. The van der Waals surface area contributed by atoms with Crippen molar-refractivity contribution in [1.29, 1.82) is 0 Å². The molecule has 1 aliphatic heterocycles. The van der Waals surface area contributed by atoms with Crippen molar-refractivity contribution >= 4 is 17.8 Å². The Kier molecular flexibility index (Phi) is 4.60. The third-order valence-corrected chi connectivity index (χ3v) is 5.89. The van der Waals surface area contributed by atoms with Gasteiger partial charge in [-0.1, -0.05) is 12.8 Å². The Morgan fingerprint density at radius 3 is 2.13 bits per heavy atom. The van der Waals surface area contributed by atoms with Crippen LogP contribution in [0, 0.1) is 23.7 Å². The van der Waals surface area contributed by atoms with Gasteiger partial charge in [-0.3, -0.25) is 14.4 Å². The number of hydrogen-bond donors (Lipinski definition) is 1. The van der Waals surface area contributed by atoms with Crippen LogP contribution in [0.5, 0.6) is 0 Å². The molecule has 0 spiro atoms. The highest BCUT2D eigenvalue weighted by Crippen LogP contribution is 2.55. The summed E-state index contributed by atoms with van der Waals surface area (Å²) >= 11 is 0. The highest BCUT2D eigenvalue weighted by molar-refractivity contribution is 5.87. The lowest BCUT2D eigenvalue weighted by Crippen LogP contribution is -2.45. The Hall–Kier alpha value is -1.59. The third kappa shape index (κ3) is 3.35. The zero-order chi connectivity index (χ0) is 16.6. The Balaban J connectivity index is 1.46. The van der Waals surface area contributed by atoms with Crippen LogP contribution >= 0.6 is 0 Å². The van der Waals surface area contributed by atoms with E-state index in [1.807, 2.05) is 0 Å². The highest BCUT2D eigenvalue weighted by atomic mass is 16.4. The number of carboxylic acid groups (broad SMARTS) is 1. The van der Waals surface area contributed by atoms with Crippen molar-refractivity contribution < 1.29 is 19.5 Å². The van der Waals surface area contributed by atoms with Crippen molar-refractivity contribution in [2.75, 3.05) is 26.7 Å². The Bertz CT molecular complexity index is 487. The van der Waals surface area contributed by atoms with Gasteiger partial charge in [0.2, 0.25) is 11.8 Å². The van der Waals surface area contributed by atoms with Gasteiger partial charge in [-0.05, 0) is 37.5 Å². The van der Waals surface area contributed by atoms with Gasteiger partial charge in [-0.2, -0.15) is 0 Å². The lowest BCUT2D eigenvalue weighted by molar-refractivity contribution is -0.146. The first-order valence-corrected chi connectivity index (χ1v) is 8.74.